The molecule has 0 spiro atoms. The van der Waals surface area contributed by atoms with Crippen molar-refractivity contribution in [1.82, 2.24) is 15.5 Å². The van der Waals surface area contributed by atoms with Gasteiger partial charge in [0, 0.05) is 25.2 Å². The lowest BCUT2D eigenvalue weighted by molar-refractivity contribution is -0.157. The molecule has 46 heavy (non-hydrogen) atoms. The zero-order chi connectivity index (χ0) is 32.1. The first-order valence-corrected chi connectivity index (χ1v) is 19.0. The molecule has 1 aromatic rings. The van der Waals surface area contributed by atoms with Crippen LogP contribution in [0.15, 0.2) is 24.3 Å². The van der Waals surface area contributed by atoms with Gasteiger partial charge in [0.2, 0.25) is 0 Å². The standard InChI is InChI=1S/C39H63N3O4/c1-5-45-38(43)39(4)18-14-30(15-19-39)25-44-23-22-42-20-16-31(17-21-42)36-35-12-10-32-24-33(46-26-29-8-6-27(2)7-9-29)11-13-34(32)37(35)41-28(3)40-36/h6-9,28,30-37,40-41H,5,10-26H2,1-4H3. The van der Waals surface area contributed by atoms with E-state index in [4.69, 9.17) is 14.2 Å². The molecule has 7 nitrogen and oxygen atoms in total. The maximum atomic E-state index is 12.3. The SMILES string of the molecule is CCOC(=O)C1(C)CCC(COCCN2CCC(C3NC(C)NC4C5CCC(OCc6ccc(C)cc6)CC5CCC34)CC2)CC1. The van der Waals surface area contributed by atoms with Crippen LogP contribution in [-0.4, -0.2) is 74.7 Å². The molecule has 7 atom stereocenters. The van der Waals surface area contributed by atoms with Gasteiger partial charge in [-0.05, 0) is 147 Å². The highest BCUT2D eigenvalue weighted by atomic mass is 16.5. The van der Waals surface area contributed by atoms with Crippen LogP contribution in [0.1, 0.15) is 103 Å². The van der Waals surface area contributed by atoms with Gasteiger partial charge in [0.05, 0.1) is 37.5 Å². The molecule has 7 unspecified atom stereocenters. The van der Waals surface area contributed by atoms with Gasteiger partial charge in [-0.15, -0.1) is 0 Å². The van der Waals surface area contributed by atoms with E-state index in [1.54, 1.807) is 0 Å². The Morgan fingerprint density at radius 1 is 0.913 bits per heavy atom. The second-order valence-corrected chi connectivity index (χ2v) is 16.0. The molecule has 2 heterocycles. The Bertz CT molecular complexity index is 1100. The first-order valence-electron chi connectivity index (χ1n) is 19.0. The summed E-state index contributed by atoms with van der Waals surface area (Å²) >= 11 is 0. The van der Waals surface area contributed by atoms with Crippen molar-refractivity contribution in [2.24, 2.45) is 35.0 Å². The number of aryl methyl sites for hydroxylation is 1. The van der Waals surface area contributed by atoms with E-state index >= 15 is 0 Å². The van der Waals surface area contributed by atoms with E-state index in [0.717, 1.165) is 75.7 Å². The van der Waals surface area contributed by atoms with Gasteiger partial charge in [0.1, 0.15) is 0 Å². The van der Waals surface area contributed by atoms with Crippen LogP contribution < -0.4 is 10.6 Å². The second-order valence-electron chi connectivity index (χ2n) is 16.0. The lowest BCUT2D eigenvalue weighted by Gasteiger charge is -2.55. The van der Waals surface area contributed by atoms with Crippen LogP contribution in [0.5, 0.6) is 0 Å². The van der Waals surface area contributed by atoms with E-state index in [2.05, 4.69) is 60.6 Å². The zero-order valence-electron chi connectivity index (χ0n) is 29.3. The topological polar surface area (TPSA) is 72.1 Å². The Kier molecular flexibility index (Phi) is 11.8. The minimum absolute atomic E-state index is 0.0162. The normalized spacial score (nSPS) is 37.3. The van der Waals surface area contributed by atoms with Crippen molar-refractivity contribution in [1.29, 1.82) is 0 Å². The van der Waals surface area contributed by atoms with Crippen LogP contribution in [0.2, 0.25) is 0 Å². The number of ether oxygens (including phenoxy) is 3. The molecule has 3 saturated carbocycles. The summed E-state index contributed by atoms with van der Waals surface area (Å²) < 4.78 is 18.0. The lowest BCUT2D eigenvalue weighted by Crippen LogP contribution is -2.68. The summed E-state index contributed by atoms with van der Waals surface area (Å²) in [7, 11) is 0. The minimum Gasteiger partial charge on any atom is -0.466 e. The van der Waals surface area contributed by atoms with Gasteiger partial charge in [0.25, 0.3) is 0 Å². The van der Waals surface area contributed by atoms with Crippen LogP contribution in [0.25, 0.3) is 0 Å². The number of hydrogen-bond acceptors (Lipinski definition) is 7. The largest absolute Gasteiger partial charge is 0.466 e. The number of nitrogens with zero attached hydrogens (tertiary/aromatic N) is 1. The Balaban J connectivity index is 0.904. The molecule has 0 radical (unpaired) electrons. The van der Waals surface area contributed by atoms with E-state index < -0.39 is 0 Å². The Hall–Kier alpha value is -1.51. The molecular weight excluding hydrogens is 574 g/mol. The van der Waals surface area contributed by atoms with Crippen LogP contribution in [-0.2, 0) is 25.6 Å². The molecule has 258 valence electrons. The van der Waals surface area contributed by atoms with Crippen LogP contribution in [0, 0.1) is 41.9 Å². The quantitative estimate of drug-likeness (QED) is 0.213. The van der Waals surface area contributed by atoms with E-state index in [-0.39, 0.29) is 11.4 Å². The number of piperidine rings is 1. The Morgan fingerprint density at radius 3 is 2.37 bits per heavy atom. The van der Waals surface area contributed by atoms with Crippen LogP contribution >= 0.6 is 0 Å². The Labute approximate surface area is 279 Å². The second kappa shape index (κ2) is 15.8. The van der Waals surface area contributed by atoms with Crippen molar-refractivity contribution in [2.75, 3.05) is 39.5 Å². The average molecular weight is 638 g/mol. The van der Waals surface area contributed by atoms with Gasteiger partial charge in [-0.1, -0.05) is 29.8 Å². The van der Waals surface area contributed by atoms with E-state index in [1.165, 1.54) is 69.2 Å². The molecule has 1 aromatic carbocycles. The van der Waals surface area contributed by atoms with E-state index in [1.807, 2.05) is 6.92 Å². The fourth-order valence-corrected chi connectivity index (χ4v) is 9.86. The molecule has 0 aromatic heterocycles. The molecule has 2 N–H and O–H groups in total. The van der Waals surface area contributed by atoms with Gasteiger partial charge >= 0.3 is 5.97 Å². The third-order valence-corrected chi connectivity index (χ3v) is 12.8. The Morgan fingerprint density at radius 2 is 1.63 bits per heavy atom. The number of carbonyl (C=O) groups is 1. The summed E-state index contributed by atoms with van der Waals surface area (Å²) in [5.41, 5.74) is 2.31. The summed E-state index contributed by atoms with van der Waals surface area (Å²) in [5, 5.41) is 8.10. The monoisotopic (exact) mass is 637 g/mol. The third kappa shape index (κ3) is 8.37. The van der Waals surface area contributed by atoms with Crippen LogP contribution in [0.3, 0.4) is 0 Å². The molecule has 6 rings (SSSR count). The molecule has 2 saturated heterocycles. The van der Waals surface area contributed by atoms with Crippen molar-refractivity contribution in [3.8, 4) is 0 Å². The summed E-state index contributed by atoms with van der Waals surface area (Å²) in [4.78, 5) is 15.0. The predicted octanol–water partition coefficient (Wildman–Crippen LogP) is 6.47. The van der Waals surface area contributed by atoms with Gasteiger partial charge in [-0.25, -0.2) is 0 Å². The number of hydrogen-bond donors (Lipinski definition) is 2. The fraction of sp³-hybridized carbons (Fsp3) is 0.821. The highest BCUT2D eigenvalue weighted by Crippen LogP contribution is 2.47. The summed E-state index contributed by atoms with van der Waals surface area (Å²) in [6.07, 6.45) is 13.8. The maximum absolute atomic E-state index is 12.3. The predicted molar refractivity (Wildman–Crippen MR) is 183 cm³/mol. The number of fused-ring (bicyclic) bond motifs is 3. The van der Waals surface area contributed by atoms with Crippen molar-refractivity contribution >= 4 is 5.97 Å². The zero-order valence-corrected chi connectivity index (χ0v) is 29.3. The molecule has 2 aliphatic heterocycles. The summed E-state index contributed by atoms with van der Waals surface area (Å²) in [6.45, 7) is 14.8. The number of nitrogens with one attached hydrogen (secondary N) is 2. The smallest absolute Gasteiger partial charge is 0.311 e. The average Bonchev–Trinajstić information content (AvgIpc) is 3.07. The van der Waals surface area contributed by atoms with Crippen molar-refractivity contribution in [3.05, 3.63) is 35.4 Å². The highest BCUT2D eigenvalue weighted by molar-refractivity contribution is 5.76. The first kappa shape index (κ1) is 34.4. The highest BCUT2D eigenvalue weighted by Gasteiger charge is 2.49. The maximum Gasteiger partial charge on any atom is 0.311 e. The molecular formula is C39H63N3O4. The molecule has 7 heteroatoms. The van der Waals surface area contributed by atoms with Gasteiger partial charge < -0.3 is 19.1 Å². The van der Waals surface area contributed by atoms with Gasteiger partial charge in [0.15, 0.2) is 0 Å². The summed E-state index contributed by atoms with van der Waals surface area (Å²) in [6, 6.07) is 10.1. The number of likely N-dealkylation sites (tertiary alicyclic amines) is 1. The minimum atomic E-state index is -0.298. The first-order chi connectivity index (χ1) is 22.3. The van der Waals surface area contributed by atoms with Gasteiger partial charge in [-0.3, -0.25) is 15.4 Å². The van der Waals surface area contributed by atoms with E-state index in [9.17, 15) is 4.79 Å². The molecule has 5 fully saturated rings. The molecule has 3 aliphatic carbocycles. The fourth-order valence-electron chi connectivity index (χ4n) is 9.86. The summed E-state index contributed by atoms with van der Waals surface area (Å²) in [5.74, 6) is 3.68. The van der Waals surface area contributed by atoms with E-state index in [0.29, 0.717) is 36.9 Å². The molecule has 5 aliphatic rings. The number of benzene rings is 1. The van der Waals surface area contributed by atoms with Crippen LogP contribution in [0.4, 0.5) is 0 Å². The van der Waals surface area contributed by atoms with Gasteiger partial charge in [-0.2, -0.15) is 0 Å². The number of rotatable bonds is 11. The lowest BCUT2D eigenvalue weighted by atomic mass is 9.60. The molecule has 0 bridgehead atoms. The van der Waals surface area contributed by atoms with Crippen molar-refractivity contribution in [3.63, 3.8) is 0 Å². The molecule has 0 amide bonds. The number of esters is 1. The van der Waals surface area contributed by atoms with Crippen molar-refractivity contribution in [2.45, 2.75) is 129 Å². The van der Waals surface area contributed by atoms with Crippen molar-refractivity contribution < 1.29 is 19.0 Å². The third-order valence-electron chi connectivity index (χ3n) is 12.8. The number of carbonyl (C=O) groups excluding carboxylic acids is 1.